The van der Waals surface area contributed by atoms with Gasteiger partial charge in [-0.05, 0) is 66.5 Å². The van der Waals surface area contributed by atoms with E-state index in [-0.39, 0.29) is 0 Å². The van der Waals surface area contributed by atoms with Crippen molar-refractivity contribution in [3.63, 3.8) is 0 Å². The molecular weight excluding hydrogens is 256 g/mol. The van der Waals surface area contributed by atoms with Gasteiger partial charge in [-0.3, -0.25) is 0 Å². The van der Waals surface area contributed by atoms with Gasteiger partial charge >= 0.3 is 0 Å². The summed E-state index contributed by atoms with van der Waals surface area (Å²) in [5, 5.41) is 11.4. The predicted molar refractivity (Wildman–Crippen MR) is 88.5 cm³/mol. The van der Waals surface area contributed by atoms with E-state index in [4.69, 9.17) is 0 Å². The van der Waals surface area contributed by atoms with Gasteiger partial charge in [0.25, 0.3) is 0 Å². The fourth-order valence-electron chi connectivity index (χ4n) is 4.84. The highest BCUT2D eigenvalue weighted by Gasteiger charge is 2.42. The van der Waals surface area contributed by atoms with Gasteiger partial charge < -0.3 is 5.11 Å². The molecule has 1 N–H and O–H groups in total. The molecular formula is C20H30O. The van der Waals surface area contributed by atoms with Gasteiger partial charge in [0.15, 0.2) is 0 Å². The molecule has 0 aliphatic heterocycles. The Morgan fingerprint density at radius 2 is 1.95 bits per heavy atom. The topological polar surface area (TPSA) is 20.2 Å². The minimum absolute atomic E-state index is 0.446. The smallest absolute Gasteiger partial charge is 0.0720 e. The zero-order valence-corrected chi connectivity index (χ0v) is 13.9. The Kier molecular flexibility index (Phi) is 4.14. The molecule has 3 rings (SSSR count). The largest absolute Gasteiger partial charge is 0.389 e. The molecule has 1 nitrogen and oxygen atoms in total. The van der Waals surface area contributed by atoms with Crippen LogP contribution in [0, 0.1) is 17.8 Å². The predicted octanol–water partition coefficient (Wildman–Crippen LogP) is 4.54. The summed E-state index contributed by atoms with van der Waals surface area (Å²) in [5.74, 6) is 1.67. The maximum atomic E-state index is 11.4. The number of rotatable bonds is 3. The third-order valence-corrected chi connectivity index (χ3v) is 5.84. The first-order valence-corrected chi connectivity index (χ1v) is 8.81. The second kappa shape index (κ2) is 5.76. The molecule has 0 spiro atoms. The van der Waals surface area contributed by atoms with Gasteiger partial charge in [-0.2, -0.15) is 0 Å². The van der Waals surface area contributed by atoms with E-state index in [0.717, 1.165) is 12.8 Å². The lowest BCUT2D eigenvalue weighted by Crippen LogP contribution is -2.47. The van der Waals surface area contributed by atoms with Gasteiger partial charge in [0.05, 0.1) is 5.60 Å². The van der Waals surface area contributed by atoms with Crippen molar-refractivity contribution in [2.45, 2.75) is 71.3 Å². The lowest BCUT2D eigenvalue weighted by molar-refractivity contribution is -0.0795. The molecule has 2 aliphatic carbocycles. The molecule has 1 saturated carbocycles. The molecule has 116 valence electrons. The Balaban J connectivity index is 1.83. The van der Waals surface area contributed by atoms with Crippen LogP contribution in [0.5, 0.6) is 0 Å². The standard InChI is InChI=1S/C20H30O/c1-14(2)19-10-7-15(3)12-20(19,21)13-16-8-9-17-5-4-6-18(17)11-16/h8-9,11,14-15,19,21H,4-7,10,12-13H2,1-3H3. The SMILES string of the molecule is CC1CCC(C(C)C)C(O)(Cc2ccc3c(c2)CCC3)C1. The Hall–Kier alpha value is -0.820. The van der Waals surface area contributed by atoms with Gasteiger partial charge in [0.2, 0.25) is 0 Å². The molecule has 1 heteroatoms. The first-order chi connectivity index (χ1) is 9.98. The van der Waals surface area contributed by atoms with Crippen LogP contribution in [0.4, 0.5) is 0 Å². The highest BCUT2D eigenvalue weighted by Crippen LogP contribution is 2.43. The summed E-state index contributed by atoms with van der Waals surface area (Å²) in [4.78, 5) is 0. The molecule has 0 saturated heterocycles. The Morgan fingerprint density at radius 3 is 2.71 bits per heavy atom. The lowest BCUT2D eigenvalue weighted by Gasteiger charge is -2.45. The van der Waals surface area contributed by atoms with E-state index in [9.17, 15) is 5.11 Å². The van der Waals surface area contributed by atoms with Gasteiger partial charge in [-0.25, -0.2) is 0 Å². The number of hydrogen-bond acceptors (Lipinski definition) is 1. The molecule has 0 heterocycles. The van der Waals surface area contributed by atoms with Gasteiger partial charge in [0.1, 0.15) is 0 Å². The number of benzene rings is 1. The monoisotopic (exact) mass is 286 g/mol. The van der Waals surface area contributed by atoms with Crippen LogP contribution >= 0.6 is 0 Å². The molecule has 1 aromatic rings. The highest BCUT2D eigenvalue weighted by atomic mass is 16.3. The average molecular weight is 286 g/mol. The molecule has 21 heavy (non-hydrogen) atoms. The van der Waals surface area contributed by atoms with E-state index in [1.807, 2.05) is 0 Å². The first-order valence-electron chi connectivity index (χ1n) is 8.81. The van der Waals surface area contributed by atoms with Crippen LogP contribution in [-0.2, 0) is 19.3 Å². The normalized spacial score (nSPS) is 32.4. The molecule has 3 unspecified atom stereocenters. The van der Waals surface area contributed by atoms with Crippen LogP contribution in [0.3, 0.4) is 0 Å². The summed E-state index contributed by atoms with van der Waals surface area (Å²) >= 11 is 0. The van der Waals surface area contributed by atoms with E-state index in [1.165, 1.54) is 48.8 Å². The number of fused-ring (bicyclic) bond motifs is 1. The van der Waals surface area contributed by atoms with Gasteiger partial charge in [-0.1, -0.05) is 45.4 Å². The summed E-state index contributed by atoms with van der Waals surface area (Å²) in [6, 6.07) is 6.94. The van der Waals surface area contributed by atoms with E-state index in [2.05, 4.69) is 39.0 Å². The highest BCUT2D eigenvalue weighted by molar-refractivity contribution is 5.36. The quantitative estimate of drug-likeness (QED) is 0.865. The molecule has 1 fully saturated rings. The van der Waals surface area contributed by atoms with Crippen LogP contribution in [0.1, 0.15) is 63.1 Å². The van der Waals surface area contributed by atoms with Crippen LogP contribution < -0.4 is 0 Å². The summed E-state index contributed by atoms with van der Waals surface area (Å²) in [5.41, 5.74) is 3.90. The maximum absolute atomic E-state index is 11.4. The maximum Gasteiger partial charge on any atom is 0.0720 e. The van der Waals surface area contributed by atoms with Gasteiger partial charge in [-0.15, -0.1) is 0 Å². The van der Waals surface area contributed by atoms with Crippen LogP contribution in [-0.4, -0.2) is 10.7 Å². The Bertz CT molecular complexity index is 505. The second-order valence-corrected chi connectivity index (χ2v) is 7.97. The summed E-state index contributed by atoms with van der Waals surface area (Å²) in [7, 11) is 0. The van der Waals surface area contributed by atoms with Crippen molar-refractivity contribution in [3.05, 3.63) is 34.9 Å². The van der Waals surface area contributed by atoms with Crippen LogP contribution in [0.2, 0.25) is 0 Å². The van der Waals surface area contributed by atoms with Crippen molar-refractivity contribution in [1.82, 2.24) is 0 Å². The number of aliphatic hydroxyl groups is 1. The first kappa shape index (κ1) is 15.1. The van der Waals surface area contributed by atoms with E-state index < -0.39 is 5.60 Å². The van der Waals surface area contributed by atoms with Crippen LogP contribution in [0.15, 0.2) is 18.2 Å². The molecule has 1 aromatic carbocycles. The molecule has 0 amide bonds. The van der Waals surface area contributed by atoms with E-state index in [0.29, 0.717) is 17.8 Å². The van der Waals surface area contributed by atoms with Crippen LogP contribution in [0.25, 0.3) is 0 Å². The zero-order chi connectivity index (χ0) is 15.0. The van der Waals surface area contributed by atoms with Crippen molar-refractivity contribution < 1.29 is 5.11 Å². The molecule has 0 radical (unpaired) electrons. The Morgan fingerprint density at radius 1 is 1.19 bits per heavy atom. The number of hydrogen-bond donors (Lipinski definition) is 1. The fraction of sp³-hybridized carbons (Fsp3) is 0.700. The fourth-order valence-corrected chi connectivity index (χ4v) is 4.84. The summed E-state index contributed by atoms with van der Waals surface area (Å²) in [6.07, 6.45) is 8.03. The second-order valence-electron chi connectivity index (χ2n) is 7.97. The minimum atomic E-state index is -0.501. The Labute approximate surface area is 129 Å². The van der Waals surface area contributed by atoms with E-state index >= 15 is 0 Å². The molecule has 0 bridgehead atoms. The van der Waals surface area contributed by atoms with Crippen molar-refractivity contribution in [2.75, 3.05) is 0 Å². The van der Waals surface area contributed by atoms with E-state index in [1.54, 1.807) is 0 Å². The molecule has 0 aromatic heterocycles. The van der Waals surface area contributed by atoms with Crippen molar-refractivity contribution >= 4 is 0 Å². The van der Waals surface area contributed by atoms with Crippen molar-refractivity contribution in [1.29, 1.82) is 0 Å². The van der Waals surface area contributed by atoms with Gasteiger partial charge in [0, 0.05) is 6.42 Å². The lowest BCUT2D eigenvalue weighted by atomic mass is 9.65. The van der Waals surface area contributed by atoms with Crippen molar-refractivity contribution in [2.24, 2.45) is 17.8 Å². The number of aryl methyl sites for hydroxylation is 2. The average Bonchev–Trinajstić information content (AvgIpc) is 2.84. The van der Waals surface area contributed by atoms with Crippen molar-refractivity contribution in [3.8, 4) is 0 Å². The zero-order valence-electron chi connectivity index (χ0n) is 13.9. The third-order valence-electron chi connectivity index (χ3n) is 5.84. The minimum Gasteiger partial charge on any atom is -0.389 e. The molecule has 2 aliphatic rings. The molecule has 3 atom stereocenters. The summed E-state index contributed by atoms with van der Waals surface area (Å²) < 4.78 is 0. The summed E-state index contributed by atoms with van der Waals surface area (Å²) in [6.45, 7) is 6.84. The third kappa shape index (κ3) is 3.04.